The van der Waals surface area contributed by atoms with Crippen LogP contribution in [0.3, 0.4) is 0 Å². The Labute approximate surface area is 156 Å². The third-order valence-electron chi connectivity index (χ3n) is 4.65. The Morgan fingerprint density at radius 2 is 1.93 bits per heavy atom. The quantitative estimate of drug-likeness (QED) is 0.786. The lowest BCUT2D eigenvalue weighted by atomic mass is 9.96. The third-order valence-corrected chi connectivity index (χ3v) is 4.65. The standard InChI is InChI=1S/C20H22F3N3O/c1-2-15(13-6-4-3-5-7-13)19(27)24-11-10-18-25-16(14-8-9-14)12-17(26-18)20(21,22)23/h3-7,12,14-15H,2,8-11H2,1H3,(H,24,27)/t15-/m0/s1. The van der Waals surface area contributed by atoms with E-state index in [2.05, 4.69) is 15.3 Å². The fourth-order valence-corrected chi connectivity index (χ4v) is 3.04. The van der Waals surface area contributed by atoms with E-state index in [1.165, 1.54) is 0 Å². The average Bonchev–Trinajstić information content (AvgIpc) is 3.47. The second-order valence-corrected chi connectivity index (χ2v) is 6.78. The lowest BCUT2D eigenvalue weighted by molar-refractivity contribution is -0.141. The Morgan fingerprint density at radius 3 is 2.52 bits per heavy atom. The monoisotopic (exact) mass is 377 g/mol. The van der Waals surface area contributed by atoms with Crippen LogP contribution in [-0.4, -0.2) is 22.4 Å². The van der Waals surface area contributed by atoms with Gasteiger partial charge in [0.25, 0.3) is 0 Å². The SMILES string of the molecule is CC[C@H](C(=O)NCCc1nc(C2CC2)cc(C(F)(F)F)n1)c1ccccc1. The first-order chi connectivity index (χ1) is 12.9. The molecule has 1 N–H and O–H groups in total. The first-order valence-corrected chi connectivity index (χ1v) is 9.16. The predicted molar refractivity (Wildman–Crippen MR) is 95.2 cm³/mol. The number of amides is 1. The van der Waals surface area contributed by atoms with Crippen LogP contribution in [-0.2, 0) is 17.4 Å². The molecule has 1 heterocycles. The van der Waals surface area contributed by atoms with Crippen molar-refractivity contribution in [3.63, 3.8) is 0 Å². The van der Waals surface area contributed by atoms with Crippen molar-refractivity contribution in [1.82, 2.24) is 15.3 Å². The van der Waals surface area contributed by atoms with Crippen molar-refractivity contribution in [3.8, 4) is 0 Å². The summed E-state index contributed by atoms with van der Waals surface area (Å²) >= 11 is 0. The Morgan fingerprint density at radius 1 is 1.22 bits per heavy atom. The molecular weight excluding hydrogens is 355 g/mol. The zero-order chi connectivity index (χ0) is 19.4. The highest BCUT2D eigenvalue weighted by atomic mass is 19.4. The number of nitrogens with one attached hydrogen (secondary N) is 1. The van der Waals surface area contributed by atoms with Gasteiger partial charge in [0.2, 0.25) is 5.91 Å². The van der Waals surface area contributed by atoms with Gasteiger partial charge in [-0.25, -0.2) is 9.97 Å². The minimum absolute atomic E-state index is 0.102. The molecule has 0 saturated heterocycles. The first kappa shape index (κ1) is 19.3. The smallest absolute Gasteiger partial charge is 0.355 e. The number of nitrogens with zero attached hydrogens (tertiary/aromatic N) is 2. The van der Waals surface area contributed by atoms with Crippen LogP contribution in [0.4, 0.5) is 13.2 Å². The molecule has 144 valence electrons. The van der Waals surface area contributed by atoms with Crippen LogP contribution in [0, 0.1) is 0 Å². The number of hydrogen-bond donors (Lipinski definition) is 1. The molecule has 4 nitrogen and oxygen atoms in total. The summed E-state index contributed by atoms with van der Waals surface area (Å²) in [6, 6.07) is 10.5. The fraction of sp³-hybridized carbons (Fsp3) is 0.450. The van der Waals surface area contributed by atoms with Gasteiger partial charge in [0, 0.05) is 24.6 Å². The first-order valence-electron chi connectivity index (χ1n) is 9.16. The van der Waals surface area contributed by atoms with E-state index in [4.69, 9.17) is 0 Å². The van der Waals surface area contributed by atoms with Gasteiger partial charge in [-0.3, -0.25) is 4.79 Å². The number of carbonyl (C=O) groups is 1. The minimum Gasteiger partial charge on any atom is -0.355 e. The van der Waals surface area contributed by atoms with Crippen molar-refractivity contribution in [2.75, 3.05) is 6.54 Å². The van der Waals surface area contributed by atoms with Crippen LogP contribution < -0.4 is 5.32 Å². The molecule has 1 aliphatic rings. The number of hydrogen-bond acceptors (Lipinski definition) is 3. The van der Waals surface area contributed by atoms with Gasteiger partial charge in [-0.2, -0.15) is 13.2 Å². The van der Waals surface area contributed by atoms with E-state index in [1.54, 1.807) is 0 Å². The molecule has 1 saturated carbocycles. The molecule has 0 radical (unpaired) electrons. The number of aromatic nitrogens is 2. The number of rotatable bonds is 7. The second kappa shape index (κ2) is 8.06. The van der Waals surface area contributed by atoms with E-state index in [0.717, 1.165) is 24.5 Å². The maximum Gasteiger partial charge on any atom is 0.433 e. The largest absolute Gasteiger partial charge is 0.433 e. The number of carbonyl (C=O) groups excluding carboxylic acids is 1. The lowest BCUT2D eigenvalue weighted by Crippen LogP contribution is -2.31. The number of halogens is 3. The summed E-state index contributed by atoms with van der Waals surface area (Å²) < 4.78 is 39.2. The van der Waals surface area contributed by atoms with Crippen LogP contribution in [0.25, 0.3) is 0 Å². The van der Waals surface area contributed by atoms with Crippen molar-refractivity contribution < 1.29 is 18.0 Å². The lowest BCUT2D eigenvalue weighted by Gasteiger charge is -2.15. The molecule has 1 aliphatic carbocycles. The van der Waals surface area contributed by atoms with Gasteiger partial charge in [0.1, 0.15) is 11.5 Å². The van der Waals surface area contributed by atoms with Crippen molar-refractivity contribution in [2.45, 2.75) is 50.6 Å². The molecule has 2 aromatic rings. The van der Waals surface area contributed by atoms with E-state index in [9.17, 15) is 18.0 Å². The molecule has 7 heteroatoms. The van der Waals surface area contributed by atoms with Crippen molar-refractivity contribution in [3.05, 3.63) is 59.2 Å². The highest BCUT2D eigenvalue weighted by Gasteiger charge is 2.35. The summed E-state index contributed by atoms with van der Waals surface area (Å²) in [6.45, 7) is 2.13. The molecule has 0 spiro atoms. The molecule has 0 bridgehead atoms. The normalized spacial score (nSPS) is 15.4. The zero-order valence-electron chi connectivity index (χ0n) is 15.1. The van der Waals surface area contributed by atoms with Gasteiger partial charge in [-0.1, -0.05) is 37.3 Å². The highest BCUT2D eigenvalue weighted by Crippen LogP contribution is 2.40. The molecular formula is C20H22F3N3O. The fourth-order valence-electron chi connectivity index (χ4n) is 3.04. The van der Waals surface area contributed by atoms with Crippen molar-refractivity contribution in [2.24, 2.45) is 0 Å². The summed E-state index contributed by atoms with van der Waals surface area (Å²) in [6.07, 6.45) is -1.97. The van der Waals surface area contributed by atoms with Crippen LogP contribution >= 0.6 is 0 Å². The summed E-state index contributed by atoms with van der Waals surface area (Å²) in [7, 11) is 0. The minimum atomic E-state index is -4.49. The van der Waals surface area contributed by atoms with Crippen LogP contribution in [0.15, 0.2) is 36.4 Å². The molecule has 3 rings (SSSR count). The van der Waals surface area contributed by atoms with E-state index >= 15 is 0 Å². The van der Waals surface area contributed by atoms with E-state index in [-0.39, 0.29) is 36.5 Å². The summed E-state index contributed by atoms with van der Waals surface area (Å²) in [5.41, 5.74) is 0.467. The maximum absolute atomic E-state index is 13.1. The molecule has 27 heavy (non-hydrogen) atoms. The Hall–Kier alpha value is -2.44. The molecule has 1 atom stereocenters. The average molecular weight is 377 g/mol. The van der Waals surface area contributed by atoms with Crippen LogP contribution in [0.1, 0.15) is 60.8 Å². The number of alkyl halides is 3. The summed E-state index contributed by atoms with van der Waals surface area (Å²) in [4.78, 5) is 20.4. The molecule has 0 aliphatic heterocycles. The predicted octanol–water partition coefficient (Wildman–Crippen LogP) is 4.23. The third kappa shape index (κ3) is 5.05. The molecule has 1 aromatic carbocycles. The second-order valence-electron chi connectivity index (χ2n) is 6.78. The van der Waals surface area contributed by atoms with E-state index in [1.807, 2.05) is 37.3 Å². The molecule has 1 amide bonds. The van der Waals surface area contributed by atoms with Gasteiger partial charge in [-0.15, -0.1) is 0 Å². The topological polar surface area (TPSA) is 54.9 Å². The van der Waals surface area contributed by atoms with Crippen molar-refractivity contribution in [1.29, 1.82) is 0 Å². The van der Waals surface area contributed by atoms with Crippen molar-refractivity contribution >= 4 is 5.91 Å². The maximum atomic E-state index is 13.1. The molecule has 1 aromatic heterocycles. The van der Waals surface area contributed by atoms with Gasteiger partial charge in [0.05, 0.1) is 5.92 Å². The van der Waals surface area contributed by atoms with Crippen LogP contribution in [0.5, 0.6) is 0 Å². The van der Waals surface area contributed by atoms with Crippen LogP contribution in [0.2, 0.25) is 0 Å². The molecule has 1 fully saturated rings. The Kier molecular flexibility index (Phi) is 5.77. The van der Waals surface area contributed by atoms with Gasteiger partial charge < -0.3 is 5.32 Å². The molecule has 0 unspecified atom stereocenters. The van der Waals surface area contributed by atoms with Gasteiger partial charge >= 0.3 is 6.18 Å². The van der Waals surface area contributed by atoms with E-state index < -0.39 is 11.9 Å². The Bertz CT molecular complexity index is 789. The van der Waals surface area contributed by atoms with Gasteiger partial charge in [-0.05, 0) is 30.9 Å². The summed E-state index contributed by atoms with van der Waals surface area (Å²) in [5.74, 6) is -0.196. The highest BCUT2D eigenvalue weighted by molar-refractivity contribution is 5.83. The number of benzene rings is 1. The van der Waals surface area contributed by atoms with Gasteiger partial charge in [0.15, 0.2) is 0 Å². The zero-order valence-corrected chi connectivity index (χ0v) is 15.1. The van der Waals surface area contributed by atoms with E-state index in [0.29, 0.717) is 12.1 Å². The summed E-state index contributed by atoms with van der Waals surface area (Å²) in [5, 5.41) is 2.80. The Balaban J connectivity index is 1.64.